The van der Waals surface area contributed by atoms with Crippen LogP contribution in [0.1, 0.15) is 22.8 Å². The fourth-order valence-corrected chi connectivity index (χ4v) is 3.65. The van der Waals surface area contributed by atoms with Crippen LogP contribution >= 0.6 is 11.8 Å². The smallest absolute Gasteiger partial charge is 0.316 e. The van der Waals surface area contributed by atoms with Crippen LogP contribution in [-0.2, 0) is 14.3 Å². The van der Waals surface area contributed by atoms with Crippen molar-refractivity contribution < 1.29 is 23.5 Å². The third-order valence-corrected chi connectivity index (χ3v) is 5.46. The van der Waals surface area contributed by atoms with Gasteiger partial charge in [0.05, 0.1) is 12.4 Å². The summed E-state index contributed by atoms with van der Waals surface area (Å²) in [7, 11) is 0. The van der Waals surface area contributed by atoms with E-state index in [9.17, 15) is 18.8 Å². The van der Waals surface area contributed by atoms with Gasteiger partial charge < -0.3 is 15.4 Å². The van der Waals surface area contributed by atoms with Gasteiger partial charge in [0.25, 0.3) is 11.8 Å². The number of rotatable bonds is 9. The molecule has 2 amide bonds. The molecule has 3 rings (SSSR count). The van der Waals surface area contributed by atoms with Crippen LogP contribution in [-0.4, -0.2) is 30.1 Å². The molecule has 0 spiro atoms. The molecule has 0 aliphatic rings. The van der Waals surface area contributed by atoms with Crippen LogP contribution in [0.2, 0.25) is 0 Å². The fraction of sp³-hybridized carbons (Fsp3) is 0.115. The average molecular weight is 479 g/mol. The SMILES string of the molecule is CCOC(=O)CSc1cccc(NC(=O)/C(=C\c2ccccc2F)NC(=O)c2ccccc2)c1. The summed E-state index contributed by atoms with van der Waals surface area (Å²) < 4.78 is 19.2. The predicted octanol–water partition coefficient (Wildman–Crippen LogP) is 4.89. The van der Waals surface area contributed by atoms with Gasteiger partial charge in [-0.05, 0) is 49.4 Å². The van der Waals surface area contributed by atoms with Gasteiger partial charge in [0, 0.05) is 21.7 Å². The lowest BCUT2D eigenvalue weighted by Gasteiger charge is -2.12. The molecule has 0 heterocycles. The molecule has 6 nitrogen and oxygen atoms in total. The number of anilines is 1. The van der Waals surface area contributed by atoms with Crippen LogP contribution in [0, 0.1) is 5.82 Å². The summed E-state index contributed by atoms with van der Waals surface area (Å²) >= 11 is 1.27. The van der Waals surface area contributed by atoms with Crippen LogP contribution in [0.5, 0.6) is 0 Å². The summed E-state index contributed by atoms with van der Waals surface area (Å²) in [6.07, 6.45) is 1.28. The standard InChI is InChI=1S/C26H23FN2O4S/c1-2-33-24(30)17-34-21-13-8-12-20(16-21)28-26(32)23(15-19-11-6-7-14-22(19)27)29-25(31)18-9-4-3-5-10-18/h3-16H,2,17H2,1H3,(H,28,32)(H,29,31)/b23-15+. The predicted molar refractivity (Wildman–Crippen MR) is 131 cm³/mol. The molecule has 0 radical (unpaired) electrons. The molecule has 0 atom stereocenters. The average Bonchev–Trinajstić information content (AvgIpc) is 2.84. The lowest BCUT2D eigenvalue weighted by Crippen LogP contribution is -2.30. The molecule has 0 saturated heterocycles. The van der Waals surface area contributed by atoms with Crippen molar-refractivity contribution in [3.63, 3.8) is 0 Å². The summed E-state index contributed by atoms with van der Waals surface area (Å²) in [5.41, 5.74) is 0.836. The molecular weight excluding hydrogens is 455 g/mol. The van der Waals surface area contributed by atoms with Crippen LogP contribution in [0.4, 0.5) is 10.1 Å². The number of benzene rings is 3. The highest BCUT2D eigenvalue weighted by Gasteiger charge is 2.16. The molecule has 2 N–H and O–H groups in total. The summed E-state index contributed by atoms with van der Waals surface area (Å²) in [5.74, 6) is -1.85. The lowest BCUT2D eigenvalue weighted by atomic mass is 10.1. The van der Waals surface area contributed by atoms with Crippen LogP contribution in [0.15, 0.2) is 89.5 Å². The zero-order chi connectivity index (χ0) is 24.3. The molecule has 8 heteroatoms. The lowest BCUT2D eigenvalue weighted by molar-refractivity contribution is -0.139. The number of thioether (sulfide) groups is 1. The summed E-state index contributed by atoms with van der Waals surface area (Å²) in [6, 6.07) is 21.2. The molecule has 3 aromatic rings. The first-order valence-corrected chi connectivity index (χ1v) is 11.5. The highest BCUT2D eigenvalue weighted by molar-refractivity contribution is 8.00. The van der Waals surface area contributed by atoms with Gasteiger partial charge in [-0.2, -0.15) is 0 Å². The Labute approximate surface area is 201 Å². The number of esters is 1. The minimum Gasteiger partial charge on any atom is -0.465 e. The van der Waals surface area contributed by atoms with Crippen molar-refractivity contribution >= 4 is 41.3 Å². The number of carbonyl (C=O) groups is 3. The summed E-state index contributed by atoms with van der Waals surface area (Å²) in [5, 5.41) is 5.29. The van der Waals surface area contributed by atoms with Gasteiger partial charge in [0.2, 0.25) is 0 Å². The number of amides is 2. The molecule has 0 aliphatic carbocycles. The Morgan fingerprint density at radius 1 is 0.971 bits per heavy atom. The minimum absolute atomic E-state index is 0.122. The van der Waals surface area contributed by atoms with Crippen molar-refractivity contribution in [2.45, 2.75) is 11.8 Å². The second-order valence-corrected chi connectivity index (χ2v) is 8.02. The van der Waals surface area contributed by atoms with Crippen molar-refractivity contribution in [1.82, 2.24) is 5.32 Å². The topological polar surface area (TPSA) is 84.5 Å². The highest BCUT2D eigenvalue weighted by atomic mass is 32.2. The Hall–Kier alpha value is -3.91. The Balaban J connectivity index is 1.80. The molecule has 0 bridgehead atoms. The normalized spacial score (nSPS) is 10.9. The van der Waals surface area contributed by atoms with E-state index in [-0.39, 0.29) is 23.0 Å². The summed E-state index contributed by atoms with van der Waals surface area (Å²) in [4.78, 5) is 38.1. The van der Waals surface area contributed by atoms with E-state index in [1.54, 1.807) is 67.6 Å². The van der Waals surface area contributed by atoms with Gasteiger partial charge in [0.15, 0.2) is 0 Å². The minimum atomic E-state index is -0.625. The maximum Gasteiger partial charge on any atom is 0.316 e. The van der Waals surface area contributed by atoms with Crippen LogP contribution in [0.25, 0.3) is 6.08 Å². The van der Waals surface area contributed by atoms with Gasteiger partial charge in [-0.25, -0.2) is 4.39 Å². The molecule has 0 aromatic heterocycles. The van der Waals surface area contributed by atoms with E-state index < -0.39 is 17.6 Å². The second-order valence-electron chi connectivity index (χ2n) is 6.98. The first kappa shape index (κ1) is 24.7. The monoisotopic (exact) mass is 478 g/mol. The maximum absolute atomic E-state index is 14.2. The number of carbonyl (C=O) groups excluding carboxylic acids is 3. The molecule has 0 saturated carbocycles. The molecule has 3 aromatic carbocycles. The van der Waals surface area contributed by atoms with E-state index >= 15 is 0 Å². The first-order chi connectivity index (χ1) is 16.5. The molecule has 0 aliphatic heterocycles. The second kappa shape index (κ2) is 12.4. The number of ether oxygens (including phenoxy) is 1. The van der Waals surface area contributed by atoms with Crippen molar-refractivity contribution in [3.8, 4) is 0 Å². The number of hydrogen-bond acceptors (Lipinski definition) is 5. The molecule has 0 unspecified atom stereocenters. The number of halogens is 1. The van der Waals surface area contributed by atoms with Crippen molar-refractivity contribution in [2.75, 3.05) is 17.7 Å². The molecule has 174 valence electrons. The van der Waals surface area contributed by atoms with Crippen LogP contribution in [0.3, 0.4) is 0 Å². The maximum atomic E-state index is 14.2. The highest BCUT2D eigenvalue weighted by Crippen LogP contribution is 2.22. The number of hydrogen-bond donors (Lipinski definition) is 2. The molecule has 34 heavy (non-hydrogen) atoms. The van der Waals surface area contributed by atoms with Crippen molar-refractivity contribution in [1.29, 1.82) is 0 Å². The zero-order valence-corrected chi connectivity index (χ0v) is 19.2. The van der Waals surface area contributed by atoms with E-state index in [0.717, 1.165) is 4.90 Å². The van der Waals surface area contributed by atoms with E-state index in [0.29, 0.717) is 17.9 Å². The Morgan fingerprint density at radius 3 is 2.44 bits per heavy atom. The van der Waals surface area contributed by atoms with E-state index in [4.69, 9.17) is 4.74 Å². The van der Waals surface area contributed by atoms with Gasteiger partial charge in [-0.1, -0.05) is 42.5 Å². The van der Waals surface area contributed by atoms with E-state index in [1.165, 1.54) is 36.0 Å². The van der Waals surface area contributed by atoms with Crippen molar-refractivity contribution in [2.24, 2.45) is 0 Å². The molecule has 0 fully saturated rings. The number of nitrogens with one attached hydrogen (secondary N) is 2. The Morgan fingerprint density at radius 2 is 1.71 bits per heavy atom. The Kier molecular flexibility index (Phi) is 8.99. The molecular formula is C26H23FN2O4S. The van der Waals surface area contributed by atoms with E-state index in [1.807, 2.05) is 0 Å². The van der Waals surface area contributed by atoms with E-state index in [2.05, 4.69) is 10.6 Å². The largest absolute Gasteiger partial charge is 0.465 e. The third-order valence-electron chi connectivity index (χ3n) is 4.49. The zero-order valence-electron chi connectivity index (χ0n) is 18.4. The fourth-order valence-electron chi connectivity index (χ4n) is 2.90. The first-order valence-electron chi connectivity index (χ1n) is 10.5. The van der Waals surface area contributed by atoms with Gasteiger partial charge in [-0.3, -0.25) is 14.4 Å². The van der Waals surface area contributed by atoms with Crippen LogP contribution < -0.4 is 10.6 Å². The van der Waals surface area contributed by atoms with Gasteiger partial charge >= 0.3 is 5.97 Å². The summed E-state index contributed by atoms with van der Waals surface area (Å²) in [6.45, 7) is 2.04. The van der Waals surface area contributed by atoms with Gasteiger partial charge in [0.1, 0.15) is 11.5 Å². The quantitative estimate of drug-likeness (QED) is 0.260. The van der Waals surface area contributed by atoms with Crippen molar-refractivity contribution in [3.05, 3.63) is 102 Å². The van der Waals surface area contributed by atoms with Gasteiger partial charge in [-0.15, -0.1) is 11.8 Å². The Bertz CT molecular complexity index is 1200. The third kappa shape index (κ3) is 7.31.